The average molecular weight is 282 g/mol. The van der Waals surface area contributed by atoms with Crippen molar-refractivity contribution in [3.63, 3.8) is 0 Å². The molecular formula is C16H30N2O2. The number of nitrogens with two attached hydrogens (primary N) is 1. The highest BCUT2D eigenvalue weighted by molar-refractivity contribution is 5.75. The minimum atomic E-state index is 0.204. The molecule has 0 aromatic heterocycles. The van der Waals surface area contributed by atoms with E-state index in [1.807, 2.05) is 0 Å². The number of carbonyl (C=O) groups is 1. The molecule has 0 bridgehead atoms. The highest BCUT2D eigenvalue weighted by Crippen LogP contribution is 2.26. The van der Waals surface area contributed by atoms with Gasteiger partial charge in [0.15, 0.2) is 0 Å². The lowest BCUT2D eigenvalue weighted by Gasteiger charge is -2.25. The number of carbonyl (C=O) groups excluding carboxylic acids is 1. The smallest absolute Gasteiger partial charge is 0.220 e. The van der Waals surface area contributed by atoms with Crippen LogP contribution in [0, 0.1) is 5.92 Å². The molecule has 1 saturated carbocycles. The maximum atomic E-state index is 11.8. The maximum absolute atomic E-state index is 11.8. The zero-order chi connectivity index (χ0) is 14.2. The molecule has 4 heteroatoms. The third kappa shape index (κ3) is 5.80. The summed E-state index contributed by atoms with van der Waals surface area (Å²) >= 11 is 0. The summed E-state index contributed by atoms with van der Waals surface area (Å²) < 4.78 is 5.66. The van der Waals surface area contributed by atoms with Gasteiger partial charge in [-0.25, -0.2) is 0 Å². The van der Waals surface area contributed by atoms with Gasteiger partial charge in [-0.15, -0.1) is 0 Å². The van der Waals surface area contributed by atoms with Crippen molar-refractivity contribution in [1.82, 2.24) is 5.32 Å². The molecule has 1 unspecified atom stereocenters. The van der Waals surface area contributed by atoms with Gasteiger partial charge < -0.3 is 15.8 Å². The molecule has 4 nitrogen and oxygen atoms in total. The molecule has 1 aliphatic carbocycles. The van der Waals surface area contributed by atoms with Crippen LogP contribution in [0.1, 0.15) is 64.2 Å². The molecule has 0 spiro atoms. The summed E-state index contributed by atoms with van der Waals surface area (Å²) in [5.41, 5.74) is 5.90. The Labute approximate surface area is 122 Å². The van der Waals surface area contributed by atoms with Crippen LogP contribution >= 0.6 is 0 Å². The van der Waals surface area contributed by atoms with Gasteiger partial charge in [0.2, 0.25) is 5.91 Å². The Morgan fingerprint density at radius 2 is 1.90 bits per heavy atom. The number of ether oxygens (including phenoxy) is 1. The highest BCUT2D eigenvalue weighted by atomic mass is 16.5. The second-order valence-electron chi connectivity index (χ2n) is 6.45. The van der Waals surface area contributed by atoms with E-state index in [-0.39, 0.29) is 5.91 Å². The molecule has 20 heavy (non-hydrogen) atoms. The molecule has 0 radical (unpaired) electrons. The fraction of sp³-hybridized carbons (Fsp3) is 0.938. The summed E-state index contributed by atoms with van der Waals surface area (Å²) in [6.07, 6.45) is 11.3. The normalized spacial score (nSPS) is 30.9. The van der Waals surface area contributed by atoms with Crippen molar-refractivity contribution < 1.29 is 9.53 Å². The minimum Gasteiger partial charge on any atom is -0.378 e. The van der Waals surface area contributed by atoms with Crippen molar-refractivity contribution in [2.24, 2.45) is 11.7 Å². The lowest BCUT2D eigenvalue weighted by molar-refractivity contribution is -0.121. The number of nitrogens with one attached hydrogen (secondary N) is 1. The first-order valence-electron chi connectivity index (χ1n) is 8.38. The lowest BCUT2D eigenvalue weighted by Crippen LogP contribution is -2.30. The molecule has 1 aliphatic heterocycles. The third-order valence-electron chi connectivity index (χ3n) is 4.73. The molecule has 0 aromatic carbocycles. The van der Waals surface area contributed by atoms with E-state index in [0.29, 0.717) is 24.5 Å². The molecule has 1 atom stereocenters. The van der Waals surface area contributed by atoms with Gasteiger partial charge in [0, 0.05) is 25.6 Å². The summed E-state index contributed by atoms with van der Waals surface area (Å²) in [6, 6.07) is 0.399. The molecule has 1 amide bonds. The molecule has 2 rings (SSSR count). The Bertz CT molecular complexity index is 282. The molecule has 116 valence electrons. The topological polar surface area (TPSA) is 64.4 Å². The second kappa shape index (κ2) is 8.63. The minimum absolute atomic E-state index is 0.204. The van der Waals surface area contributed by atoms with E-state index < -0.39 is 0 Å². The number of hydrogen-bond acceptors (Lipinski definition) is 3. The van der Waals surface area contributed by atoms with Crippen molar-refractivity contribution in [3.8, 4) is 0 Å². The van der Waals surface area contributed by atoms with Gasteiger partial charge in [-0.2, -0.15) is 0 Å². The zero-order valence-electron chi connectivity index (χ0n) is 12.6. The number of hydrogen-bond donors (Lipinski definition) is 2. The van der Waals surface area contributed by atoms with Gasteiger partial charge in [-0.1, -0.05) is 0 Å². The van der Waals surface area contributed by atoms with Crippen molar-refractivity contribution in [2.75, 3.05) is 13.2 Å². The summed E-state index contributed by atoms with van der Waals surface area (Å²) in [4.78, 5) is 11.8. The van der Waals surface area contributed by atoms with Gasteiger partial charge in [-0.05, 0) is 63.7 Å². The van der Waals surface area contributed by atoms with Crippen LogP contribution in [0.25, 0.3) is 0 Å². The summed E-state index contributed by atoms with van der Waals surface area (Å²) in [5.74, 6) is 0.915. The molecule has 1 heterocycles. The summed E-state index contributed by atoms with van der Waals surface area (Å²) in [5, 5.41) is 3.03. The van der Waals surface area contributed by atoms with Crippen LogP contribution in [0.3, 0.4) is 0 Å². The Kier molecular flexibility index (Phi) is 6.80. The molecule has 2 fully saturated rings. The molecule has 0 aromatic rings. The Morgan fingerprint density at radius 1 is 1.10 bits per heavy atom. The predicted molar refractivity (Wildman–Crippen MR) is 80.4 cm³/mol. The standard InChI is InChI=1S/C16H30N2O2/c17-14-7-4-13(5-8-14)6-9-16(19)18-11-10-15-3-1-2-12-20-15/h13-15H,1-12,17H2,(H,18,19). The third-order valence-corrected chi connectivity index (χ3v) is 4.73. The maximum Gasteiger partial charge on any atom is 0.220 e. The largest absolute Gasteiger partial charge is 0.378 e. The van der Waals surface area contributed by atoms with Crippen molar-refractivity contribution in [2.45, 2.75) is 76.4 Å². The van der Waals surface area contributed by atoms with E-state index in [0.717, 1.165) is 45.3 Å². The lowest BCUT2D eigenvalue weighted by atomic mass is 9.84. The van der Waals surface area contributed by atoms with Crippen LogP contribution in [-0.2, 0) is 9.53 Å². The highest BCUT2D eigenvalue weighted by Gasteiger charge is 2.19. The van der Waals surface area contributed by atoms with E-state index in [1.165, 1.54) is 25.7 Å². The van der Waals surface area contributed by atoms with E-state index in [1.54, 1.807) is 0 Å². The van der Waals surface area contributed by atoms with Crippen molar-refractivity contribution >= 4 is 5.91 Å². The van der Waals surface area contributed by atoms with Gasteiger partial charge in [-0.3, -0.25) is 4.79 Å². The summed E-state index contributed by atoms with van der Waals surface area (Å²) in [6.45, 7) is 1.65. The number of rotatable bonds is 6. The van der Waals surface area contributed by atoms with E-state index in [2.05, 4.69) is 5.32 Å². The molecule has 3 N–H and O–H groups in total. The van der Waals surface area contributed by atoms with Gasteiger partial charge in [0.1, 0.15) is 0 Å². The first-order valence-corrected chi connectivity index (χ1v) is 8.38. The van der Waals surface area contributed by atoms with Crippen molar-refractivity contribution in [3.05, 3.63) is 0 Å². The molecule has 2 aliphatic rings. The zero-order valence-corrected chi connectivity index (χ0v) is 12.6. The average Bonchev–Trinajstić information content (AvgIpc) is 2.48. The van der Waals surface area contributed by atoms with Gasteiger partial charge in [0.05, 0.1) is 6.10 Å². The van der Waals surface area contributed by atoms with E-state index in [4.69, 9.17) is 10.5 Å². The first kappa shape index (κ1) is 15.8. The fourth-order valence-corrected chi connectivity index (χ4v) is 3.31. The molecule has 1 saturated heterocycles. The van der Waals surface area contributed by atoms with Crippen LogP contribution in [0.15, 0.2) is 0 Å². The van der Waals surface area contributed by atoms with E-state index >= 15 is 0 Å². The second-order valence-corrected chi connectivity index (χ2v) is 6.45. The monoisotopic (exact) mass is 282 g/mol. The van der Waals surface area contributed by atoms with Crippen LogP contribution in [0.5, 0.6) is 0 Å². The quantitative estimate of drug-likeness (QED) is 0.786. The van der Waals surface area contributed by atoms with E-state index in [9.17, 15) is 4.79 Å². The molecular weight excluding hydrogens is 252 g/mol. The van der Waals surface area contributed by atoms with Crippen LogP contribution in [-0.4, -0.2) is 31.2 Å². The summed E-state index contributed by atoms with van der Waals surface area (Å²) in [7, 11) is 0. The SMILES string of the molecule is NC1CCC(CCC(=O)NCCC2CCCCO2)CC1. The van der Waals surface area contributed by atoms with Gasteiger partial charge >= 0.3 is 0 Å². The Hall–Kier alpha value is -0.610. The first-order chi connectivity index (χ1) is 9.74. The Balaban J connectivity index is 1.49. The van der Waals surface area contributed by atoms with Crippen molar-refractivity contribution in [1.29, 1.82) is 0 Å². The fourth-order valence-electron chi connectivity index (χ4n) is 3.31. The van der Waals surface area contributed by atoms with Crippen LogP contribution < -0.4 is 11.1 Å². The Morgan fingerprint density at radius 3 is 2.60 bits per heavy atom. The number of amides is 1. The van der Waals surface area contributed by atoms with Crippen LogP contribution in [0.2, 0.25) is 0 Å². The predicted octanol–water partition coefficient (Wildman–Crippen LogP) is 2.36. The van der Waals surface area contributed by atoms with Crippen LogP contribution in [0.4, 0.5) is 0 Å². The van der Waals surface area contributed by atoms with Gasteiger partial charge in [0.25, 0.3) is 0 Å².